The predicted molar refractivity (Wildman–Crippen MR) is 85.1 cm³/mol. The summed E-state index contributed by atoms with van der Waals surface area (Å²) in [7, 11) is 0. The number of hydrogen-bond acceptors (Lipinski definition) is 6. The SMILES string of the molecule is CC(C)(C)OC(=O)NCCC(O)C(O)c1cccc(N)c1N. The Morgan fingerprint density at radius 1 is 1.32 bits per heavy atom. The largest absolute Gasteiger partial charge is 0.444 e. The van der Waals surface area contributed by atoms with Gasteiger partial charge >= 0.3 is 6.09 Å². The summed E-state index contributed by atoms with van der Waals surface area (Å²) < 4.78 is 5.07. The summed E-state index contributed by atoms with van der Waals surface area (Å²) in [6, 6.07) is 4.86. The molecule has 7 nitrogen and oxygen atoms in total. The van der Waals surface area contributed by atoms with Crippen LogP contribution in [0.1, 0.15) is 38.9 Å². The van der Waals surface area contributed by atoms with E-state index in [1.54, 1.807) is 39.0 Å². The molecular weight excluding hydrogens is 286 g/mol. The van der Waals surface area contributed by atoms with Crippen LogP contribution in [0.15, 0.2) is 18.2 Å². The van der Waals surface area contributed by atoms with E-state index in [2.05, 4.69) is 5.32 Å². The van der Waals surface area contributed by atoms with Gasteiger partial charge in [-0.2, -0.15) is 0 Å². The number of rotatable bonds is 5. The average Bonchev–Trinajstić information content (AvgIpc) is 2.39. The lowest BCUT2D eigenvalue weighted by atomic mass is 10.00. The Bertz CT molecular complexity index is 514. The van der Waals surface area contributed by atoms with Crippen LogP contribution in [0.2, 0.25) is 0 Å². The van der Waals surface area contributed by atoms with Gasteiger partial charge in [-0.25, -0.2) is 4.79 Å². The minimum atomic E-state index is -1.18. The van der Waals surface area contributed by atoms with Gasteiger partial charge in [0.2, 0.25) is 0 Å². The number of nitrogens with one attached hydrogen (secondary N) is 1. The highest BCUT2D eigenvalue weighted by atomic mass is 16.6. The first-order chi connectivity index (χ1) is 10.1. The molecule has 0 aliphatic heterocycles. The summed E-state index contributed by atoms with van der Waals surface area (Å²) in [6.07, 6.45) is -2.69. The number of amides is 1. The lowest BCUT2D eigenvalue weighted by molar-refractivity contribution is 0.0127. The van der Waals surface area contributed by atoms with Crippen LogP contribution in [0.3, 0.4) is 0 Å². The molecule has 2 unspecified atom stereocenters. The zero-order valence-electron chi connectivity index (χ0n) is 13.2. The molecule has 22 heavy (non-hydrogen) atoms. The van der Waals surface area contributed by atoms with Gasteiger partial charge in [-0.15, -0.1) is 0 Å². The van der Waals surface area contributed by atoms with Crippen LogP contribution in [0.5, 0.6) is 0 Å². The highest BCUT2D eigenvalue weighted by Crippen LogP contribution is 2.28. The van der Waals surface area contributed by atoms with Gasteiger partial charge in [0, 0.05) is 12.1 Å². The summed E-state index contributed by atoms with van der Waals surface area (Å²) in [6.45, 7) is 5.44. The molecule has 0 radical (unpaired) electrons. The number of alkyl carbamates (subject to hydrolysis) is 1. The molecule has 7 N–H and O–H groups in total. The van der Waals surface area contributed by atoms with Crippen LogP contribution in [0.25, 0.3) is 0 Å². The zero-order valence-corrected chi connectivity index (χ0v) is 13.2. The van der Waals surface area contributed by atoms with E-state index in [0.717, 1.165) is 0 Å². The molecule has 1 rings (SSSR count). The monoisotopic (exact) mass is 311 g/mol. The van der Waals surface area contributed by atoms with E-state index in [9.17, 15) is 15.0 Å². The highest BCUT2D eigenvalue weighted by Gasteiger charge is 2.22. The number of aliphatic hydroxyl groups is 2. The fourth-order valence-corrected chi connectivity index (χ4v) is 1.86. The van der Waals surface area contributed by atoms with Crippen molar-refractivity contribution in [1.82, 2.24) is 5.32 Å². The fraction of sp³-hybridized carbons (Fsp3) is 0.533. The lowest BCUT2D eigenvalue weighted by Gasteiger charge is -2.22. The minimum Gasteiger partial charge on any atom is -0.444 e. The number of hydrogen-bond donors (Lipinski definition) is 5. The van der Waals surface area contributed by atoms with Crippen molar-refractivity contribution in [2.75, 3.05) is 18.0 Å². The van der Waals surface area contributed by atoms with Crippen molar-refractivity contribution in [2.24, 2.45) is 0 Å². The Balaban J connectivity index is 2.50. The molecule has 0 spiro atoms. The van der Waals surface area contributed by atoms with Gasteiger partial charge in [0.1, 0.15) is 11.7 Å². The number of carbonyl (C=O) groups excluding carboxylic acids is 1. The van der Waals surface area contributed by atoms with Crippen molar-refractivity contribution < 1.29 is 19.7 Å². The Kier molecular flexibility index (Phi) is 6.01. The molecule has 1 amide bonds. The quantitative estimate of drug-likeness (QED) is 0.519. The smallest absolute Gasteiger partial charge is 0.407 e. The number of aliphatic hydroxyl groups excluding tert-OH is 2. The van der Waals surface area contributed by atoms with Crippen LogP contribution in [0, 0.1) is 0 Å². The van der Waals surface area contributed by atoms with Crippen molar-refractivity contribution in [2.45, 2.75) is 45.0 Å². The number of ether oxygens (including phenoxy) is 1. The fourth-order valence-electron chi connectivity index (χ4n) is 1.86. The molecule has 2 atom stereocenters. The third-order valence-electron chi connectivity index (χ3n) is 2.97. The molecule has 1 aromatic rings. The molecule has 124 valence electrons. The van der Waals surface area contributed by atoms with Gasteiger partial charge in [-0.1, -0.05) is 12.1 Å². The highest BCUT2D eigenvalue weighted by molar-refractivity contribution is 5.68. The van der Waals surface area contributed by atoms with Gasteiger partial charge in [-0.3, -0.25) is 0 Å². The van der Waals surface area contributed by atoms with Gasteiger partial charge in [-0.05, 0) is 33.3 Å². The zero-order chi connectivity index (χ0) is 16.9. The second-order valence-electron chi connectivity index (χ2n) is 6.08. The van der Waals surface area contributed by atoms with E-state index in [1.807, 2.05) is 0 Å². The Morgan fingerprint density at radius 3 is 2.55 bits per heavy atom. The van der Waals surface area contributed by atoms with Crippen LogP contribution >= 0.6 is 0 Å². The van der Waals surface area contributed by atoms with Crippen LogP contribution in [-0.4, -0.2) is 34.6 Å². The van der Waals surface area contributed by atoms with E-state index < -0.39 is 23.9 Å². The first-order valence-electron chi connectivity index (χ1n) is 7.08. The first kappa shape index (κ1) is 18.1. The second-order valence-corrected chi connectivity index (χ2v) is 6.08. The summed E-state index contributed by atoms with van der Waals surface area (Å²) >= 11 is 0. The Hall–Kier alpha value is -1.99. The molecule has 7 heteroatoms. The van der Waals surface area contributed by atoms with Crippen molar-refractivity contribution in [1.29, 1.82) is 0 Å². The molecule has 0 bridgehead atoms. The molecule has 0 fully saturated rings. The van der Waals surface area contributed by atoms with Crippen LogP contribution in [0.4, 0.5) is 16.2 Å². The Morgan fingerprint density at radius 2 is 1.95 bits per heavy atom. The van der Waals surface area contributed by atoms with Crippen LogP contribution in [-0.2, 0) is 4.74 Å². The number of carbonyl (C=O) groups is 1. The topological polar surface area (TPSA) is 131 Å². The molecule has 0 heterocycles. The number of anilines is 2. The van der Waals surface area contributed by atoms with Crippen molar-refractivity contribution in [3.63, 3.8) is 0 Å². The van der Waals surface area contributed by atoms with E-state index in [-0.39, 0.29) is 18.7 Å². The molecule has 0 aliphatic carbocycles. The Labute approximate surface area is 130 Å². The maximum atomic E-state index is 11.5. The minimum absolute atomic E-state index is 0.147. The van der Waals surface area contributed by atoms with Gasteiger partial charge in [0.25, 0.3) is 0 Å². The lowest BCUT2D eigenvalue weighted by Crippen LogP contribution is -2.34. The third-order valence-corrected chi connectivity index (χ3v) is 2.97. The molecule has 0 aromatic heterocycles. The third kappa shape index (κ3) is 5.42. The number of para-hydroxylation sites is 1. The van der Waals surface area contributed by atoms with Crippen molar-refractivity contribution in [3.8, 4) is 0 Å². The van der Waals surface area contributed by atoms with Crippen molar-refractivity contribution in [3.05, 3.63) is 23.8 Å². The van der Waals surface area contributed by atoms with Gasteiger partial charge in [0.15, 0.2) is 0 Å². The molecule has 1 aromatic carbocycles. The molecule has 0 aliphatic rings. The summed E-state index contributed by atoms with van der Waals surface area (Å²) in [5.41, 5.74) is 11.8. The van der Waals surface area contributed by atoms with Crippen LogP contribution < -0.4 is 16.8 Å². The first-order valence-corrected chi connectivity index (χ1v) is 7.08. The number of nitrogen functional groups attached to an aromatic ring is 2. The van der Waals surface area contributed by atoms with E-state index in [0.29, 0.717) is 11.3 Å². The maximum Gasteiger partial charge on any atom is 0.407 e. The summed E-state index contributed by atoms with van der Waals surface area (Å²) in [5.74, 6) is 0. The second kappa shape index (κ2) is 7.33. The van der Waals surface area contributed by atoms with Crippen molar-refractivity contribution >= 4 is 17.5 Å². The van der Waals surface area contributed by atoms with Gasteiger partial charge < -0.3 is 31.7 Å². The van der Waals surface area contributed by atoms with E-state index in [4.69, 9.17) is 16.2 Å². The standard InChI is InChI=1S/C15H25N3O4/c1-15(2,3)22-14(21)18-8-7-11(19)13(20)9-5-4-6-10(16)12(9)17/h4-6,11,13,19-20H,7-8,16-17H2,1-3H3,(H,18,21). The maximum absolute atomic E-state index is 11.5. The van der Waals surface area contributed by atoms with E-state index in [1.165, 1.54) is 0 Å². The molecular formula is C15H25N3O4. The molecule has 0 saturated heterocycles. The predicted octanol–water partition coefficient (Wildman–Crippen LogP) is 1.16. The normalized spacial score (nSPS) is 14.2. The van der Waals surface area contributed by atoms with Gasteiger partial charge in [0.05, 0.1) is 17.5 Å². The summed E-state index contributed by atoms with van der Waals surface area (Å²) in [4.78, 5) is 11.5. The average molecular weight is 311 g/mol. The number of nitrogens with two attached hydrogens (primary N) is 2. The number of benzene rings is 1. The van der Waals surface area contributed by atoms with E-state index >= 15 is 0 Å². The molecule has 0 saturated carbocycles. The summed E-state index contributed by atoms with van der Waals surface area (Å²) in [5, 5.41) is 22.6.